The van der Waals surface area contributed by atoms with Crippen LogP contribution in [-0.2, 0) is 0 Å². The summed E-state index contributed by atoms with van der Waals surface area (Å²) in [4.78, 5) is 16.6. The molecule has 1 saturated heterocycles. The van der Waals surface area contributed by atoms with Crippen molar-refractivity contribution in [2.24, 2.45) is 5.92 Å². The minimum absolute atomic E-state index is 0.0166. The van der Waals surface area contributed by atoms with Crippen molar-refractivity contribution in [1.82, 2.24) is 20.0 Å². The molecule has 1 aromatic heterocycles. The molecule has 1 aliphatic rings. The Labute approximate surface area is 158 Å². The van der Waals surface area contributed by atoms with Crippen LogP contribution in [0.2, 0.25) is 0 Å². The third kappa shape index (κ3) is 4.71. The van der Waals surface area contributed by atoms with E-state index in [2.05, 4.69) is 44.9 Å². The molecule has 1 atom stereocenters. The lowest BCUT2D eigenvalue weighted by atomic mass is 10.1. The highest BCUT2D eigenvalue weighted by Crippen LogP contribution is 2.21. The molecule has 1 unspecified atom stereocenters. The smallest absolute Gasteiger partial charge is 0.274 e. The number of aromatic amines is 1. The Morgan fingerprint density at radius 1 is 1.48 bits per heavy atom. The van der Waals surface area contributed by atoms with Crippen LogP contribution in [0.1, 0.15) is 56.2 Å². The van der Waals surface area contributed by atoms with Gasteiger partial charge in [-0.15, -0.1) is 0 Å². The van der Waals surface area contributed by atoms with Crippen LogP contribution < -0.4 is 0 Å². The molecule has 2 heterocycles. The SMILES string of the molecule is CC(C)C(=N)/C(Br)=C\N(C)C1CCN(C(=O)c2cc(C(C)C)[nH]n2)C1. The Kier molecular flexibility index (Phi) is 6.43. The molecular weight excluding hydrogens is 382 g/mol. The molecule has 2 rings (SSSR count). The minimum atomic E-state index is -0.0166. The minimum Gasteiger partial charge on any atom is -0.375 e. The number of nitrogens with zero attached hydrogens (tertiary/aromatic N) is 3. The maximum Gasteiger partial charge on any atom is 0.274 e. The highest BCUT2D eigenvalue weighted by Gasteiger charge is 2.30. The summed E-state index contributed by atoms with van der Waals surface area (Å²) in [5.74, 6) is 0.484. The number of likely N-dealkylation sites (N-methyl/N-ethyl adjacent to an activating group) is 1. The van der Waals surface area contributed by atoms with Gasteiger partial charge in [0.2, 0.25) is 0 Å². The number of nitrogens with one attached hydrogen (secondary N) is 2. The number of allylic oxidation sites excluding steroid dienone is 1. The number of carbonyl (C=O) groups is 1. The van der Waals surface area contributed by atoms with Crippen LogP contribution >= 0.6 is 15.9 Å². The van der Waals surface area contributed by atoms with E-state index in [4.69, 9.17) is 5.41 Å². The summed E-state index contributed by atoms with van der Waals surface area (Å²) in [6, 6.07) is 2.10. The monoisotopic (exact) mass is 409 g/mol. The second-order valence-corrected chi connectivity index (χ2v) is 8.12. The highest BCUT2D eigenvalue weighted by molar-refractivity contribution is 9.12. The van der Waals surface area contributed by atoms with Crippen molar-refractivity contribution >= 4 is 27.5 Å². The summed E-state index contributed by atoms with van der Waals surface area (Å²) in [7, 11) is 2.00. The van der Waals surface area contributed by atoms with E-state index in [-0.39, 0.29) is 17.9 Å². The number of likely N-dealkylation sites (tertiary alicyclic amines) is 1. The van der Waals surface area contributed by atoms with Crippen molar-refractivity contribution in [2.75, 3.05) is 20.1 Å². The van der Waals surface area contributed by atoms with E-state index in [9.17, 15) is 4.79 Å². The zero-order valence-electron chi connectivity index (χ0n) is 15.6. The predicted octanol–water partition coefficient (Wildman–Crippen LogP) is 3.59. The molecule has 1 aliphatic heterocycles. The first kappa shape index (κ1) is 19.7. The second-order valence-electron chi connectivity index (χ2n) is 7.27. The Balaban J connectivity index is 1.99. The molecule has 0 aliphatic carbocycles. The van der Waals surface area contributed by atoms with Gasteiger partial charge in [0.25, 0.3) is 5.91 Å². The molecule has 1 fully saturated rings. The highest BCUT2D eigenvalue weighted by atomic mass is 79.9. The molecule has 2 N–H and O–H groups in total. The summed E-state index contributed by atoms with van der Waals surface area (Å²) in [6.45, 7) is 9.55. The number of carbonyl (C=O) groups excluding carboxylic acids is 1. The first-order chi connectivity index (χ1) is 11.7. The number of H-pyrrole nitrogens is 1. The lowest BCUT2D eigenvalue weighted by molar-refractivity contribution is 0.0778. The van der Waals surface area contributed by atoms with Gasteiger partial charge in [-0.05, 0) is 40.3 Å². The van der Waals surface area contributed by atoms with Crippen LogP contribution in [0.4, 0.5) is 0 Å². The molecule has 138 valence electrons. The van der Waals surface area contributed by atoms with Gasteiger partial charge in [0, 0.05) is 43.8 Å². The fourth-order valence-electron chi connectivity index (χ4n) is 2.79. The van der Waals surface area contributed by atoms with Gasteiger partial charge in [0.1, 0.15) is 5.69 Å². The van der Waals surface area contributed by atoms with E-state index >= 15 is 0 Å². The molecule has 0 spiro atoms. The zero-order valence-corrected chi connectivity index (χ0v) is 17.2. The van der Waals surface area contributed by atoms with Crippen LogP contribution in [-0.4, -0.2) is 57.8 Å². The third-order valence-corrected chi connectivity index (χ3v) is 5.25. The number of aromatic nitrogens is 2. The summed E-state index contributed by atoms with van der Waals surface area (Å²) >= 11 is 3.49. The lowest BCUT2D eigenvalue weighted by Crippen LogP contribution is -2.34. The Morgan fingerprint density at radius 3 is 2.72 bits per heavy atom. The van der Waals surface area contributed by atoms with Crippen LogP contribution in [0.3, 0.4) is 0 Å². The maximum absolute atomic E-state index is 12.6. The number of rotatable bonds is 6. The topological polar surface area (TPSA) is 76.1 Å². The van der Waals surface area contributed by atoms with Crippen LogP contribution in [0.25, 0.3) is 0 Å². The molecular formula is C18H28BrN5O. The Hall–Kier alpha value is -1.63. The molecule has 1 aromatic rings. The quantitative estimate of drug-likeness (QED) is 0.704. The zero-order chi connectivity index (χ0) is 18.7. The fourth-order valence-corrected chi connectivity index (χ4v) is 3.57. The largest absolute Gasteiger partial charge is 0.375 e. The maximum atomic E-state index is 12.6. The van der Waals surface area contributed by atoms with E-state index < -0.39 is 0 Å². The van der Waals surface area contributed by atoms with Gasteiger partial charge < -0.3 is 15.2 Å². The molecule has 7 heteroatoms. The van der Waals surface area contributed by atoms with Gasteiger partial charge in [-0.2, -0.15) is 5.10 Å². The molecule has 6 nitrogen and oxygen atoms in total. The van der Waals surface area contributed by atoms with E-state index in [1.54, 1.807) is 0 Å². The van der Waals surface area contributed by atoms with Crippen LogP contribution in [0.15, 0.2) is 16.7 Å². The molecule has 0 bridgehead atoms. The van der Waals surface area contributed by atoms with Crippen molar-refractivity contribution in [1.29, 1.82) is 5.41 Å². The van der Waals surface area contributed by atoms with Crippen molar-refractivity contribution < 1.29 is 4.79 Å². The normalized spacial score (nSPS) is 18.3. The summed E-state index contributed by atoms with van der Waals surface area (Å²) < 4.78 is 0.795. The van der Waals surface area contributed by atoms with Gasteiger partial charge in [0.05, 0.1) is 4.48 Å². The predicted molar refractivity (Wildman–Crippen MR) is 104 cm³/mol. The van der Waals surface area contributed by atoms with Crippen molar-refractivity contribution in [3.63, 3.8) is 0 Å². The number of hydrogen-bond acceptors (Lipinski definition) is 4. The molecule has 0 saturated carbocycles. The number of halogens is 1. The number of hydrogen-bond donors (Lipinski definition) is 2. The van der Waals surface area contributed by atoms with Crippen molar-refractivity contribution in [2.45, 2.75) is 46.1 Å². The Morgan fingerprint density at radius 2 is 2.16 bits per heavy atom. The molecule has 0 radical (unpaired) electrons. The average molecular weight is 410 g/mol. The molecule has 1 amide bonds. The number of amides is 1. The second kappa shape index (κ2) is 8.17. The fraction of sp³-hybridized carbons (Fsp3) is 0.611. The van der Waals surface area contributed by atoms with E-state index in [0.717, 1.165) is 23.1 Å². The first-order valence-electron chi connectivity index (χ1n) is 8.73. The van der Waals surface area contributed by atoms with Crippen LogP contribution in [0.5, 0.6) is 0 Å². The van der Waals surface area contributed by atoms with Crippen molar-refractivity contribution in [3.05, 3.63) is 28.1 Å². The summed E-state index contributed by atoms with van der Waals surface area (Å²) in [5, 5.41) is 15.2. The van der Waals surface area contributed by atoms with Gasteiger partial charge in [0.15, 0.2) is 0 Å². The standard InChI is InChI=1S/C18H28BrN5O/c1-11(2)15-8-16(22-21-15)18(25)24-7-6-13(9-24)23(5)10-14(19)17(20)12(3)4/h8,10-13,20H,6-7,9H2,1-5H3,(H,21,22)/b14-10+,20-17?. The van der Waals surface area contributed by atoms with Gasteiger partial charge in [-0.25, -0.2) is 0 Å². The van der Waals surface area contributed by atoms with E-state index in [1.165, 1.54) is 0 Å². The third-order valence-electron chi connectivity index (χ3n) is 4.62. The van der Waals surface area contributed by atoms with E-state index in [0.29, 0.717) is 23.9 Å². The molecule has 25 heavy (non-hydrogen) atoms. The first-order valence-corrected chi connectivity index (χ1v) is 9.52. The Bertz CT molecular complexity index is 664. The van der Waals surface area contributed by atoms with Gasteiger partial charge in [-0.1, -0.05) is 27.7 Å². The molecule has 0 aromatic carbocycles. The van der Waals surface area contributed by atoms with Gasteiger partial charge in [-0.3, -0.25) is 9.89 Å². The average Bonchev–Trinajstić information content (AvgIpc) is 3.22. The van der Waals surface area contributed by atoms with Crippen LogP contribution in [0, 0.1) is 11.3 Å². The lowest BCUT2D eigenvalue weighted by Gasteiger charge is -2.24. The summed E-state index contributed by atoms with van der Waals surface area (Å²) in [5.41, 5.74) is 2.05. The summed E-state index contributed by atoms with van der Waals surface area (Å²) in [6.07, 6.45) is 2.86. The van der Waals surface area contributed by atoms with E-state index in [1.807, 2.05) is 38.1 Å². The van der Waals surface area contributed by atoms with Gasteiger partial charge >= 0.3 is 0 Å². The van der Waals surface area contributed by atoms with Crippen molar-refractivity contribution in [3.8, 4) is 0 Å².